The second-order valence-corrected chi connectivity index (χ2v) is 7.06. The van der Waals surface area contributed by atoms with Gasteiger partial charge in [0.25, 0.3) is 0 Å². The predicted molar refractivity (Wildman–Crippen MR) is 82.6 cm³/mol. The maximum Gasteiger partial charge on any atom is 0.0707 e. The van der Waals surface area contributed by atoms with Gasteiger partial charge in [-0.3, -0.25) is 4.90 Å². The molecule has 0 aliphatic carbocycles. The first-order chi connectivity index (χ1) is 8.85. The van der Waals surface area contributed by atoms with Gasteiger partial charge < -0.3 is 10.1 Å². The van der Waals surface area contributed by atoms with Crippen molar-refractivity contribution < 1.29 is 4.74 Å². The lowest BCUT2D eigenvalue weighted by atomic mass is 9.99. The van der Waals surface area contributed by atoms with E-state index in [0.717, 1.165) is 19.6 Å². The van der Waals surface area contributed by atoms with Crippen molar-refractivity contribution in [3.63, 3.8) is 0 Å². The second-order valence-electron chi connectivity index (χ2n) is 7.06. The lowest BCUT2D eigenvalue weighted by Crippen LogP contribution is -2.44. The molecule has 19 heavy (non-hydrogen) atoms. The van der Waals surface area contributed by atoms with Crippen LogP contribution in [0.15, 0.2) is 0 Å². The summed E-state index contributed by atoms with van der Waals surface area (Å²) >= 11 is 0. The molecule has 0 amide bonds. The highest BCUT2D eigenvalue weighted by Crippen LogP contribution is 2.23. The number of rotatable bonds is 8. The smallest absolute Gasteiger partial charge is 0.0707 e. The molecule has 0 bridgehead atoms. The average molecular weight is 270 g/mol. The first-order valence-corrected chi connectivity index (χ1v) is 7.92. The van der Waals surface area contributed by atoms with Crippen LogP contribution in [0.2, 0.25) is 0 Å². The fourth-order valence-electron chi connectivity index (χ4n) is 2.42. The normalized spacial score (nSPS) is 24.6. The molecule has 1 heterocycles. The summed E-state index contributed by atoms with van der Waals surface area (Å²) in [4.78, 5) is 2.45. The Balaban J connectivity index is 2.25. The average Bonchev–Trinajstić information content (AvgIpc) is 2.76. The Bertz CT molecular complexity index is 253. The van der Waals surface area contributed by atoms with Crippen LogP contribution in [0, 0.1) is 5.92 Å². The Hall–Kier alpha value is -0.120. The van der Waals surface area contributed by atoms with Gasteiger partial charge in [-0.1, -0.05) is 20.8 Å². The molecule has 1 rings (SSSR count). The van der Waals surface area contributed by atoms with Crippen LogP contribution >= 0.6 is 0 Å². The van der Waals surface area contributed by atoms with Gasteiger partial charge in [-0.15, -0.1) is 0 Å². The molecule has 0 saturated carbocycles. The molecule has 2 unspecified atom stereocenters. The van der Waals surface area contributed by atoms with Gasteiger partial charge in [-0.2, -0.15) is 0 Å². The summed E-state index contributed by atoms with van der Waals surface area (Å²) in [6.07, 6.45) is 4.42. The van der Waals surface area contributed by atoms with Crippen LogP contribution in [-0.2, 0) is 4.74 Å². The number of ether oxygens (including phenoxy) is 1. The summed E-state index contributed by atoms with van der Waals surface area (Å²) in [6.45, 7) is 14.5. The van der Waals surface area contributed by atoms with E-state index < -0.39 is 0 Å². The Morgan fingerprint density at radius 1 is 1.26 bits per heavy atom. The SMILES string of the molecule is CCC(C)(C)N(C)CC1CCC(CNCC(C)C)O1. The first kappa shape index (κ1) is 16.9. The van der Waals surface area contributed by atoms with Crippen molar-refractivity contribution in [2.24, 2.45) is 5.92 Å². The van der Waals surface area contributed by atoms with E-state index in [2.05, 4.69) is 51.9 Å². The lowest BCUT2D eigenvalue weighted by molar-refractivity contribution is 0.00784. The summed E-state index contributed by atoms with van der Waals surface area (Å²) in [5.74, 6) is 0.716. The third-order valence-corrected chi connectivity index (χ3v) is 4.50. The molecule has 0 spiro atoms. The number of hydrogen-bond acceptors (Lipinski definition) is 3. The Labute approximate surface area is 120 Å². The van der Waals surface area contributed by atoms with Crippen molar-refractivity contribution >= 4 is 0 Å². The molecule has 0 aromatic carbocycles. The molecule has 1 aliphatic heterocycles. The molecule has 1 saturated heterocycles. The van der Waals surface area contributed by atoms with Gasteiger partial charge in [-0.25, -0.2) is 0 Å². The monoisotopic (exact) mass is 270 g/mol. The van der Waals surface area contributed by atoms with Crippen LogP contribution < -0.4 is 5.32 Å². The zero-order chi connectivity index (χ0) is 14.5. The number of likely N-dealkylation sites (N-methyl/N-ethyl adjacent to an activating group) is 1. The van der Waals surface area contributed by atoms with E-state index in [-0.39, 0.29) is 5.54 Å². The van der Waals surface area contributed by atoms with Gasteiger partial charge in [-0.05, 0) is 52.6 Å². The van der Waals surface area contributed by atoms with Crippen molar-refractivity contribution in [1.29, 1.82) is 0 Å². The van der Waals surface area contributed by atoms with Crippen molar-refractivity contribution in [2.75, 3.05) is 26.7 Å². The molecule has 1 fully saturated rings. The van der Waals surface area contributed by atoms with E-state index in [1.54, 1.807) is 0 Å². The van der Waals surface area contributed by atoms with Gasteiger partial charge in [0.2, 0.25) is 0 Å². The highest BCUT2D eigenvalue weighted by atomic mass is 16.5. The zero-order valence-corrected chi connectivity index (χ0v) is 13.8. The minimum Gasteiger partial charge on any atom is -0.372 e. The maximum absolute atomic E-state index is 6.15. The zero-order valence-electron chi connectivity index (χ0n) is 13.8. The molecule has 3 heteroatoms. The van der Waals surface area contributed by atoms with Crippen LogP contribution in [0.3, 0.4) is 0 Å². The third kappa shape index (κ3) is 5.80. The third-order valence-electron chi connectivity index (χ3n) is 4.50. The number of hydrogen-bond donors (Lipinski definition) is 1. The fourth-order valence-corrected chi connectivity index (χ4v) is 2.42. The second kappa shape index (κ2) is 7.61. The minimum absolute atomic E-state index is 0.275. The molecule has 0 aromatic rings. The highest BCUT2D eigenvalue weighted by molar-refractivity contribution is 4.83. The van der Waals surface area contributed by atoms with E-state index in [0.29, 0.717) is 18.1 Å². The Morgan fingerprint density at radius 3 is 2.47 bits per heavy atom. The molecule has 1 N–H and O–H groups in total. The van der Waals surface area contributed by atoms with Gasteiger partial charge in [0.1, 0.15) is 0 Å². The largest absolute Gasteiger partial charge is 0.372 e. The summed E-state index contributed by atoms with van der Waals surface area (Å²) < 4.78 is 6.15. The summed E-state index contributed by atoms with van der Waals surface area (Å²) in [5, 5.41) is 3.50. The molecule has 114 valence electrons. The van der Waals surface area contributed by atoms with Crippen molar-refractivity contribution in [2.45, 2.75) is 71.6 Å². The van der Waals surface area contributed by atoms with E-state index in [1.165, 1.54) is 19.3 Å². The standard InChI is InChI=1S/C16H34N2O/c1-7-16(4,5)18(6)12-15-9-8-14(19-15)11-17-10-13(2)3/h13-15,17H,7-12H2,1-6H3. The molecular weight excluding hydrogens is 236 g/mol. The highest BCUT2D eigenvalue weighted by Gasteiger charge is 2.29. The van der Waals surface area contributed by atoms with Crippen molar-refractivity contribution in [3.05, 3.63) is 0 Å². The van der Waals surface area contributed by atoms with Gasteiger partial charge in [0, 0.05) is 18.6 Å². The molecule has 2 atom stereocenters. The van der Waals surface area contributed by atoms with Crippen LogP contribution in [-0.4, -0.2) is 49.3 Å². The quantitative estimate of drug-likeness (QED) is 0.734. The summed E-state index contributed by atoms with van der Waals surface area (Å²) in [7, 11) is 2.22. The lowest BCUT2D eigenvalue weighted by Gasteiger charge is -2.36. The van der Waals surface area contributed by atoms with E-state index in [1.807, 2.05) is 0 Å². The van der Waals surface area contributed by atoms with Gasteiger partial charge in [0.15, 0.2) is 0 Å². The first-order valence-electron chi connectivity index (χ1n) is 7.92. The van der Waals surface area contributed by atoms with Crippen molar-refractivity contribution in [3.8, 4) is 0 Å². The van der Waals surface area contributed by atoms with Gasteiger partial charge >= 0.3 is 0 Å². The fraction of sp³-hybridized carbons (Fsp3) is 1.00. The molecular formula is C16H34N2O. The number of nitrogens with one attached hydrogen (secondary N) is 1. The van der Waals surface area contributed by atoms with Crippen LogP contribution in [0.5, 0.6) is 0 Å². The molecule has 1 aliphatic rings. The summed E-state index contributed by atoms with van der Waals surface area (Å²) in [5.41, 5.74) is 0.275. The molecule has 0 aromatic heterocycles. The number of nitrogens with zero attached hydrogens (tertiary/aromatic N) is 1. The van der Waals surface area contributed by atoms with E-state index in [9.17, 15) is 0 Å². The Morgan fingerprint density at radius 2 is 1.89 bits per heavy atom. The van der Waals surface area contributed by atoms with Crippen molar-refractivity contribution in [1.82, 2.24) is 10.2 Å². The van der Waals surface area contributed by atoms with Crippen LogP contribution in [0.4, 0.5) is 0 Å². The molecule has 0 radical (unpaired) electrons. The minimum atomic E-state index is 0.275. The summed E-state index contributed by atoms with van der Waals surface area (Å²) in [6, 6.07) is 0. The predicted octanol–water partition coefficient (Wildman–Crippen LogP) is 2.90. The molecule has 3 nitrogen and oxygen atoms in total. The van der Waals surface area contributed by atoms with Crippen LogP contribution in [0.25, 0.3) is 0 Å². The van der Waals surface area contributed by atoms with Crippen LogP contribution in [0.1, 0.15) is 53.9 Å². The van der Waals surface area contributed by atoms with E-state index in [4.69, 9.17) is 4.74 Å². The Kier molecular flexibility index (Phi) is 6.78. The van der Waals surface area contributed by atoms with Gasteiger partial charge in [0.05, 0.1) is 12.2 Å². The topological polar surface area (TPSA) is 24.5 Å². The maximum atomic E-state index is 6.15. The van der Waals surface area contributed by atoms with E-state index >= 15 is 0 Å².